The minimum Gasteiger partial charge on any atom is -0.393 e. The summed E-state index contributed by atoms with van der Waals surface area (Å²) in [7, 11) is 0. The van der Waals surface area contributed by atoms with Gasteiger partial charge < -0.3 is 5.11 Å². The van der Waals surface area contributed by atoms with E-state index in [4.69, 9.17) is 0 Å². The topological polar surface area (TPSA) is 20.2 Å². The zero-order valence-corrected chi connectivity index (χ0v) is 10.8. The fourth-order valence-electron chi connectivity index (χ4n) is 5.44. The Morgan fingerprint density at radius 1 is 1.31 bits per heavy atom. The first kappa shape index (κ1) is 10.8. The van der Waals surface area contributed by atoms with Gasteiger partial charge >= 0.3 is 0 Å². The van der Waals surface area contributed by atoms with E-state index >= 15 is 0 Å². The standard InChI is InChI=1S/C15H24O/c1-9-5-6-13-14(3,4)11-7-15(9,13)8-12(16)10(11)2/h10-13,16H,1,5-8H2,2-4H3/t10-,11+,12?,13-,15-/m0/s1. The van der Waals surface area contributed by atoms with Gasteiger partial charge in [0.25, 0.3) is 0 Å². The summed E-state index contributed by atoms with van der Waals surface area (Å²) in [5, 5.41) is 10.3. The monoisotopic (exact) mass is 220 g/mol. The lowest BCUT2D eigenvalue weighted by atomic mass is 9.66. The first-order chi connectivity index (χ1) is 7.39. The SMILES string of the molecule is C=C1CC[C@H]2C(C)(C)[C@@H]3C[C@]12CC(O)[C@H]3C. The molecule has 1 unspecified atom stereocenters. The highest BCUT2D eigenvalue weighted by Crippen LogP contribution is 2.72. The molecule has 2 bridgehead atoms. The van der Waals surface area contributed by atoms with Gasteiger partial charge in [0.1, 0.15) is 0 Å². The summed E-state index contributed by atoms with van der Waals surface area (Å²) in [6, 6.07) is 0. The van der Waals surface area contributed by atoms with Crippen LogP contribution >= 0.6 is 0 Å². The van der Waals surface area contributed by atoms with Crippen molar-refractivity contribution in [1.82, 2.24) is 0 Å². The Labute approximate surface area is 98.9 Å². The summed E-state index contributed by atoms with van der Waals surface area (Å²) in [6.45, 7) is 11.4. The summed E-state index contributed by atoms with van der Waals surface area (Å²) < 4.78 is 0. The molecule has 0 aromatic rings. The largest absolute Gasteiger partial charge is 0.393 e. The molecule has 0 aromatic heterocycles. The van der Waals surface area contributed by atoms with E-state index in [-0.39, 0.29) is 6.10 Å². The average molecular weight is 220 g/mol. The van der Waals surface area contributed by atoms with Crippen molar-refractivity contribution in [3.63, 3.8) is 0 Å². The normalized spacial score (nSPS) is 54.1. The number of hydrogen-bond acceptors (Lipinski definition) is 1. The molecule has 0 saturated heterocycles. The fraction of sp³-hybridized carbons (Fsp3) is 0.867. The van der Waals surface area contributed by atoms with Gasteiger partial charge in [-0.25, -0.2) is 0 Å². The molecular formula is C15H24O. The molecule has 3 aliphatic carbocycles. The van der Waals surface area contributed by atoms with Crippen molar-refractivity contribution < 1.29 is 5.11 Å². The Morgan fingerprint density at radius 2 is 2.00 bits per heavy atom. The van der Waals surface area contributed by atoms with E-state index < -0.39 is 0 Å². The molecule has 3 aliphatic rings. The first-order valence-corrected chi connectivity index (χ1v) is 6.76. The minimum absolute atomic E-state index is 0.0992. The van der Waals surface area contributed by atoms with Crippen molar-refractivity contribution in [2.45, 2.75) is 52.6 Å². The van der Waals surface area contributed by atoms with Crippen LogP contribution in [0.25, 0.3) is 0 Å². The second-order valence-electron chi connectivity index (χ2n) is 7.11. The summed E-state index contributed by atoms with van der Waals surface area (Å²) in [5.41, 5.74) is 2.15. The van der Waals surface area contributed by atoms with Crippen molar-refractivity contribution in [1.29, 1.82) is 0 Å². The highest BCUT2D eigenvalue weighted by molar-refractivity contribution is 5.28. The molecule has 3 rings (SSSR count). The molecule has 16 heavy (non-hydrogen) atoms. The Bertz CT molecular complexity index is 343. The van der Waals surface area contributed by atoms with Gasteiger partial charge in [-0.2, -0.15) is 0 Å². The third-order valence-corrected chi connectivity index (χ3v) is 6.36. The smallest absolute Gasteiger partial charge is 0.0577 e. The zero-order valence-electron chi connectivity index (χ0n) is 10.8. The molecule has 3 fully saturated rings. The van der Waals surface area contributed by atoms with Crippen LogP contribution in [0.3, 0.4) is 0 Å². The third kappa shape index (κ3) is 1.01. The van der Waals surface area contributed by atoms with Gasteiger partial charge in [-0.3, -0.25) is 0 Å². The van der Waals surface area contributed by atoms with Gasteiger partial charge in [-0.1, -0.05) is 32.9 Å². The van der Waals surface area contributed by atoms with Gasteiger partial charge in [0.15, 0.2) is 0 Å². The maximum atomic E-state index is 10.3. The van der Waals surface area contributed by atoms with E-state index in [0.717, 1.165) is 12.3 Å². The number of fused-ring (bicyclic) bond motifs is 1. The van der Waals surface area contributed by atoms with Gasteiger partial charge in [0.2, 0.25) is 0 Å². The number of rotatable bonds is 0. The summed E-state index contributed by atoms with van der Waals surface area (Å²) in [5.74, 6) is 1.94. The predicted octanol–water partition coefficient (Wildman–Crippen LogP) is 3.39. The molecule has 1 nitrogen and oxygen atoms in total. The second kappa shape index (κ2) is 2.93. The number of aliphatic hydroxyl groups is 1. The fourth-order valence-corrected chi connectivity index (χ4v) is 5.44. The Kier molecular flexibility index (Phi) is 1.98. The molecule has 0 aliphatic heterocycles. The van der Waals surface area contributed by atoms with E-state index in [1.165, 1.54) is 24.8 Å². The molecule has 5 atom stereocenters. The molecular weight excluding hydrogens is 196 g/mol. The Morgan fingerprint density at radius 3 is 2.69 bits per heavy atom. The third-order valence-electron chi connectivity index (χ3n) is 6.36. The van der Waals surface area contributed by atoms with E-state index in [2.05, 4.69) is 27.4 Å². The quantitative estimate of drug-likeness (QED) is 0.620. The van der Waals surface area contributed by atoms with Crippen LogP contribution in [0.4, 0.5) is 0 Å². The van der Waals surface area contributed by atoms with Crippen LogP contribution < -0.4 is 0 Å². The average Bonchev–Trinajstić information content (AvgIpc) is 2.59. The second-order valence-corrected chi connectivity index (χ2v) is 7.11. The van der Waals surface area contributed by atoms with Crippen LogP contribution in [0.1, 0.15) is 46.5 Å². The van der Waals surface area contributed by atoms with Crippen molar-refractivity contribution in [2.24, 2.45) is 28.6 Å². The van der Waals surface area contributed by atoms with Crippen LogP contribution in [-0.4, -0.2) is 11.2 Å². The Hall–Kier alpha value is -0.300. The molecule has 0 heterocycles. The van der Waals surface area contributed by atoms with E-state index in [9.17, 15) is 5.11 Å². The van der Waals surface area contributed by atoms with Crippen molar-refractivity contribution in [3.05, 3.63) is 12.2 Å². The van der Waals surface area contributed by atoms with E-state index in [1.54, 1.807) is 0 Å². The van der Waals surface area contributed by atoms with Crippen LogP contribution in [0.5, 0.6) is 0 Å². The molecule has 0 aromatic carbocycles. The van der Waals surface area contributed by atoms with Crippen LogP contribution in [-0.2, 0) is 0 Å². The molecule has 1 N–H and O–H groups in total. The summed E-state index contributed by atoms with van der Waals surface area (Å²) in [4.78, 5) is 0. The predicted molar refractivity (Wildman–Crippen MR) is 66.0 cm³/mol. The van der Waals surface area contributed by atoms with Gasteiger partial charge in [-0.15, -0.1) is 0 Å². The number of aliphatic hydroxyl groups excluding tert-OH is 1. The van der Waals surface area contributed by atoms with Crippen LogP contribution in [0.2, 0.25) is 0 Å². The van der Waals surface area contributed by atoms with Crippen molar-refractivity contribution >= 4 is 0 Å². The Balaban J connectivity index is 2.10. The zero-order chi connectivity index (χ0) is 11.7. The minimum atomic E-state index is -0.0992. The lowest BCUT2D eigenvalue weighted by Gasteiger charge is -2.40. The van der Waals surface area contributed by atoms with Crippen molar-refractivity contribution in [2.75, 3.05) is 0 Å². The van der Waals surface area contributed by atoms with Crippen molar-refractivity contribution in [3.8, 4) is 0 Å². The van der Waals surface area contributed by atoms with Gasteiger partial charge in [0, 0.05) is 0 Å². The summed E-state index contributed by atoms with van der Waals surface area (Å²) >= 11 is 0. The molecule has 3 saturated carbocycles. The molecule has 1 spiro atoms. The molecule has 1 heteroatoms. The van der Waals surface area contributed by atoms with Crippen LogP contribution in [0.15, 0.2) is 12.2 Å². The van der Waals surface area contributed by atoms with E-state index in [1.807, 2.05) is 0 Å². The highest BCUT2D eigenvalue weighted by atomic mass is 16.3. The number of allylic oxidation sites excluding steroid dienone is 1. The van der Waals surface area contributed by atoms with Gasteiger partial charge in [0.05, 0.1) is 6.10 Å². The molecule has 90 valence electrons. The summed E-state index contributed by atoms with van der Waals surface area (Å²) in [6.07, 6.45) is 4.68. The van der Waals surface area contributed by atoms with Gasteiger partial charge in [-0.05, 0) is 54.3 Å². The highest BCUT2D eigenvalue weighted by Gasteiger charge is 2.65. The van der Waals surface area contributed by atoms with E-state index in [0.29, 0.717) is 22.7 Å². The lowest BCUT2D eigenvalue weighted by Crippen LogP contribution is -2.37. The molecule has 0 amide bonds. The number of hydrogen-bond donors (Lipinski definition) is 1. The maximum Gasteiger partial charge on any atom is 0.0577 e. The molecule has 0 radical (unpaired) electrons. The maximum absolute atomic E-state index is 10.3. The van der Waals surface area contributed by atoms with Crippen LogP contribution in [0, 0.1) is 28.6 Å². The first-order valence-electron chi connectivity index (χ1n) is 6.76. The lowest BCUT2D eigenvalue weighted by molar-refractivity contribution is 0.00656.